The summed E-state index contributed by atoms with van der Waals surface area (Å²) in [5.41, 5.74) is 1.62. The second-order valence-electron chi connectivity index (χ2n) is 9.64. The van der Waals surface area contributed by atoms with Crippen molar-refractivity contribution in [2.75, 3.05) is 46.1 Å². The molecule has 2 amide bonds. The molecule has 0 saturated carbocycles. The van der Waals surface area contributed by atoms with Crippen LogP contribution in [0.4, 0.5) is 0 Å². The number of nitrogens with one attached hydrogen (secondary N) is 1. The Morgan fingerprint density at radius 2 is 1.64 bits per heavy atom. The van der Waals surface area contributed by atoms with Gasteiger partial charge in [0.1, 0.15) is 11.8 Å². The predicted octanol–water partition coefficient (Wildman–Crippen LogP) is 2.49. The van der Waals surface area contributed by atoms with Crippen molar-refractivity contribution in [3.8, 4) is 5.75 Å². The number of amides is 2. The summed E-state index contributed by atoms with van der Waals surface area (Å²) in [6.45, 7) is 0.792. The monoisotopic (exact) mass is 615 g/mol. The molecule has 0 bridgehead atoms. The van der Waals surface area contributed by atoms with Gasteiger partial charge in [0.25, 0.3) is 5.91 Å². The van der Waals surface area contributed by atoms with Crippen molar-refractivity contribution in [2.45, 2.75) is 23.9 Å². The van der Waals surface area contributed by atoms with Gasteiger partial charge in [-0.1, -0.05) is 54.1 Å². The minimum atomic E-state index is -3.67. The lowest BCUT2D eigenvalue weighted by Gasteiger charge is -2.31. The Labute approximate surface area is 250 Å². The van der Waals surface area contributed by atoms with E-state index in [1.54, 1.807) is 24.3 Å². The van der Waals surface area contributed by atoms with E-state index in [2.05, 4.69) is 5.32 Å². The van der Waals surface area contributed by atoms with Gasteiger partial charge in [-0.2, -0.15) is 4.31 Å². The Hall–Kier alpha value is -3.48. The number of hydrogen-bond acceptors (Lipinski definition) is 7. The van der Waals surface area contributed by atoms with Gasteiger partial charge in [0.15, 0.2) is 6.61 Å². The number of rotatable bonds is 13. The normalized spacial score (nSPS) is 14.6. The summed E-state index contributed by atoms with van der Waals surface area (Å²) in [5, 5.41) is 12.5. The van der Waals surface area contributed by atoms with Crippen LogP contribution in [0.2, 0.25) is 5.02 Å². The van der Waals surface area contributed by atoms with Crippen LogP contribution < -0.4 is 10.1 Å². The summed E-state index contributed by atoms with van der Waals surface area (Å²) >= 11 is 6.05. The average molecular weight is 616 g/mol. The summed E-state index contributed by atoms with van der Waals surface area (Å²) in [6, 6.07) is 21.3. The van der Waals surface area contributed by atoms with Gasteiger partial charge in [-0.05, 0) is 47.5 Å². The zero-order chi connectivity index (χ0) is 30.0. The number of aliphatic hydroxyl groups excluding tert-OH is 1. The minimum Gasteiger partial charge on any atom is -0.484 e. The van der Waals surface area contributed by atoms with E-state index in [1.165, 1.54) is 33.5 Å². The van der Waals surface area contributed by atoms with Gasteiger partial charge in [0, 0.05) is 37.6 Å². The van der Waals surface area contributed by atoms with Crippen LogP contribution in [0, 0.1) is 0 Å². The third-order valence-corrected chi connectivity index (χ3v) is 8.91. The molecule has 1 aliphatic heterocycles. The third-order valence-electron chi connectivity index (χ3n) is 6.74. The van der Waals surface area contributed by atoms with Crippen LogP contribution in [-0.2, 0) is 37.3 Å². The zero-order valence-corrected chi connectivity index (χ0v) is 24.6. The van der Waals surface area contributed by atoms with E-state index in [-0.39, 0.29) is 50.7 Å². The molecule has 224 valence electrons. The molecule has 0 aromatic heterocycles. The molecule has 1 fully saturated rings. The first-order valence-electron chi connectivity index (χ1n) is 13.5. The van der Waals surface area contributed by atoms with Gasteiger partial charge in [0.2, 0.25) is 15.9 Å². The van der Waals surface area contributed by atoms with E-state index >= 15 is 0 Å². The Bertz CT molecular complexity index is 1420. The molecule has 0 aliphatic carbocycles. The maximum atomic E-state index is 13.7. The van der Waals surface area contributed by atoms with Crippen LogP contribution >= 0.6 is 11.6 Å². The van der Waals surface area contributed by atoms with Gasteiger partial charge in [-0.15, -0.1) is 0 Å². The SMILES string of the molecule is O=C(NCCO)C(Cc1ccccc1)N(Cc1ccc(Cl)cc1)C(=O)COc1ccc(S(=O)(=O)N2CCOCC2)cc1. The number of morpholine rings is 1. The quantitative estimate of drug-likeness (QED) is 0.303. The number of ether oxygens (including phenoxy) is 2. The average Bonchev–Trinajstić information content (AvgIpc) is 3.02. The highest BCUT2D eigenvalue weighted by molar-refractivity contribution is 7.89. The number of hydrogen-bond donors (Lipinski definition) is 2. The van der Waals surface area contributed by atoms with Gasteiger partial charge in [-0.25, -0.2) is 8.42 Å². The first kappa shape index (κ1) is 31.5. The van der Waals surface area contributed by atoms with Crippen LogP contribution in [0.1, 0.15) is 11.1 Å². The van der Waals surface area contributed by atoms with Crippen molar-refractivity contribution < 1.29 is 32.6 Å². The van der Waals surface area contributed by atoms with E-state index in [9.17, 15) is 23.1 Å². The van der Waals surface area contributed by atoms with Crippen LogP contribution in [0.3, 0.4) is 0 Å². The second kappa shape index (κ2) is 15.1. The molecule has 2 N–H and O–H groups in total. The topological polar surface area (TPSA) is 125 Å². The van der Waals surface area contributed by atoms with E-state index < -0.39 is 27.9 Å². The Morgan fingerprint density at radius 1 is 0.976 bits per heavy atom. The molecule has 1 saturated heterocycles. The maximum Gasteiger partial charge on any atom is 0.261 e. The fourth-order valence-electron chi connectivity index (χ4n) is 4.51. The summed E-state index contributed by atoms with van der Waals surface area (Å²) in [4.78, 5) is 28.5. The molecule has 1 atom stereocenters. The lowest BCUT2D eigenvalue weighted by Crippen LogP contribution is -2.52. The molecule has 42 heavy (non-hydrogen) atoms. The highest BCUT2D eigenvalue weighted by Crippen LogP contribution is 2.22. The molecule has 1 aliphatic rings. The van der Waals surface area contributed by atoms with E-state index in [4.69, 9.17) is 21.1 Å². The van der Waals surface area contributed by atoms with Crippen LogP contribution in [0.5, 0.6) is 5.75 Å². The Kier molecular flexibility index (Phi) is 11.3. The highest BCUT2D eigenvalue weighted by Gasteiger charge is 2.31. The molecule has 4 rings (SSSR count). The zero-order valence-electron chi connectivity index (χ0n) is 23.0. The Morgan fingerprint density at radius 3 is 2.29 bits per heavy atom. The number of sulfonamides is 1. The van der Waals surface area contributed by atoms with Crippen molar-refractivity contribution in [2.24, 2.45) is 0 Å². The fraction of sp³-hybridized carbons (Fsp3) is 0.333. The summed E-state index contributed by atoms with van der Waals surface area (Å²) in [7, 11) is -3.67. The van der Waals surface area contributed by atoms with Crippen LogP contribution in [0.15, 0.2) is 83.8 Å². The van der Waals surface area contributed by atoms with E-state index in [0.29, 0.717) is 24.0 Å². The van der Waals surface area contributed by atoms with Crippen molar-refractivity contribution in [3.05, 3.63) is 95.0 Å². The third kappa shape index (κ3) is 8.52. The van der Waals surface area contributed by atoms with Crippen molar-refractivity contribution >= 4 is 33.4 Å². The molecular weight excluding hydrogens is 582 g/mol. The number of nitrogens with zero attached hydrogens (tertiary/aromatic N) is 2. The standard InChI is InChI=1S/C30H34ClN3O7S/c31-25-8-6-24(7-9-25)21-34(28(30(37)32-14-17-35)20-23-4-2-1-3-5-23)29(36)22-41-26-10-12-27(13-11-26)42(38,39)33-15-18-40-19-16-33/h1-13,28,35H,14-22H2,(H,32,37). The number of carbonyl (C=O) groups is 2. The molecular formula is C30H34ClN3O7S. The lowest BCUT2D eigenvalue weighted by atomic mass is 10.0. The molecule has 0 spiro atoms. The van der Waals surface area contributed by atoms with Gasteiger partial charge in [0.05, 0.1) is 24.7 Å². The fourth-order valence-corrected chi connectivity index (χ4v) is 6.04. The minimum absolute atomic E-state index is 0.0449. The molecule has 3 aromatic carbocycles. The number of carbonyl (C=O) groups excluding carboxylic acids is 2. The smallest absolute Gasteiger partial charge is 0.261 e. The first-order valence-corrected chi connectivity index (χ1v) is 15.4. The molecule has 0 radical (unpaired) electrons. The van der Waals surface area contributed by atoms with Crippen LogP contribution in [-0.4, -0.2) is 86.6 Å². The van der Waals surface area contributed by atoms with E-state index in [1.807, 2.05) is 30.3 Å². The number of halogens is 1. The summed E-state index contributed by atoms with van der Waals surface area (Å²) < 4.78 is 38.2. The van der Waals surface area contributed by atoms with Crippen molar-refractivity contribution in [1.82, 2.24) is 14.5 Å². The highest BCUT2D eigenvalue weighted by atomic mass is 35.5. The molecule has 1 unspecified atom stereocenters. The van der Waals surface area contributed by atoms with Crippen molar-refractivity contribution in [3.63, 3.8) is 0 Å². The molecule has 1 heterocycles. The largest absolute Gasteiger partial charge is 0.484 e. The van der Waals surface area contributed by atoms with Gasteiger partial charge >= 0.3 is 0 Å². The van der Waals surface area contributed by atoms with Crippen LogP contribution in [0.25, 0.3) is 0 Å². The van der Waals surface area contributed by atoms with Gasteiger partial charge < -0.3 is 24.8 Å². The molecule has 3 aromatic rings. The first-order chi connectivity index (χ1) is 20.3. The number of benzene rings is 3. The predicted molar refractivity (Wildman–Crippen MR) is 158 cm³/mol. The van der Waals surface area contributed by atoms with E-state index in [0.717, 1.165) is 11.1 Å². The Balaban J connectivity index is 1.53. The molecule has 12 heteroatoms. The van der Waals surface area contributed by atoms with Crippen molar-refractivity contribution in [1.29, 1.82) is 0 Å². The number of aliphatic hydroxyl groups is 1. The lowest BCUT2D eigenvalue weighted by molar-refractivity contribution is -0.142. The molecule has 10 nitrogen and oxygen atoms in total. The van der Waals surface area contributed by atoms with Gasteiger partial charge in [-0.3, -0.25) is 9.59 Å². The second-order valence-corrected chi connectivity index (χ2v) is 12.0. The summed E-state index contributed by atoms with van der Waals surface area (Å²) in [6.07, 6.45) is 0.242. The maximum absolute atomic E-state index is 13.7. The summed E-state index contributed by atoms with van der Waals surface area (Å²) in [5.74, 6) is -0.553.